The topological polar surface area (TPSA) is 55.2 Å². The van der Waals surface area contributed by atoms with Crippen molar-refractivity contribution in [3.63, 3.8) is 0 Å². The predicted octanol–water partition coefficient (Wildman–Crippen LogP) is 7.31. The van der Waals surface area contributed by atoms with Gasteiger partial charge in [-0.05, 0) is 28.3 Å². The van der Waals surface area contributed by atoms with Crippen molar-refractivity contribution in [1.29, 1.82) is 0 Å². The van der Waals surface area contributed by atoms with Crippen LogP contribution in [0.4, 0.5) is 17.1 Å². The first-order valence-electron chi connectivity index (χ1n) is 10.3. The molecular formula is C27H22N2O2. The van der Waals surface area contributed by atoms with Crippen molar-refractivity contribution < 1.29 is 4.92 Å². The molecule has 0 spiro atoms. The van der Waals surface area contributed by atoms with Crippen LogP contribution in [0.5, 0.6) is 0 Å². The fraction of sp³-hybridized carbons (Fsp3) is 0.111. The zero-order chi connectivity index (χ0) is 21.6. The first kappa shape index (κ1) is 19.1. The summed E-state index contributed by atoms with van der Waals surface area (Å²) in [7, 11) is 0. The van der Waals surface area contributed by atoms with Gasteiger partial charge in [-0.1, -0.05) is 92.7 Å². The van der Waals surface area contributed by atoms with Crippen molar-refractivity contribution in [3.8, 4) is 22.3 Å². The van der Waals surface area contributed by atoms with Crippen LogP contribution in [0, 0.1) is 10.1 Å². The molecule has 0 unspecified atom stereocenters. The number of nitrogens with one attached hydrogen (secondary N) is 1. The van der Waals surface area contributed by atoms with Gasteiger partial charge in [0.25, 0.3) is 5.69 Å². The second-order valence-corrected chi connectivity index (χ2v) is 8.35. The number of para-hydroxylation sites is 2. The molecule has 31 heavy (non-hydrogen) atoms. The van der Waals surface area contributed by atoms with Crippen LogP contribution >= 0.6 is 0 Å². The van der Waals surface area contributed by atoms with Crippen LogP contribution in [0.1, 0.15) is 25.0 Å². The third kappa shape index (κ3) is 2.99. The predicted molar refractivity (Wildman–Crippen MR) is 126 cm³/mol. The van der Waals surface area contributed by atoms with E-state index < -0.39 is 0 Å². The standard InChI is InChI=1S/C27H22N2O2/c1-27(2)21-13-7-6-12-20(21)25-22(27)17-16-19(18-10-4-3-5-11-18)26(25)28-23-14-8-9-15-24(23)29(30)31/h3-17,28H,1-2H3. The maximum Gasteiger partial charge on any atom is 0.292 e. The number of hydrogen-bond donors (Lipinski definition) is 1. The lowest BCUT2D eigenvalue weighted by Gasteiger charge is -2.23. The summed E-state index contributed by atoms with van der Waals surface area (Å²) in [5.74, 6) is 0. The monoisotopic (exact) mass is 406 g/mol. The molecular weight excluding hydrogens is 384 g/mol. The smallest absolute Gasteiger partial charge is 0.292 e. The summed E-state index contributed by atoms with van der Waals surface area (Å²) in [5.41, 5.74) is 8.14. The number of benzene rings is 4. The van der Waals surface area contributed by atoms with E-state index in [4.69, 9.17) is 0 Å². The highest BCUT2D eigenvalue weighted by Crippen LogP contribution is 2.54. The Morgan fingerprint density at radius 2 is 1.42 bits per heavy atom. The largest absolute Gasteiger partial charge is 0.349 e. The van der Waals surface area contributed by atoms with Crippen LogP contribution in [-0.4, -0.2) is 4.92 Å². The van der Waals surface area contributed by atoms with E-state index in [1.165, 1.54) is 22.8 Å². The summed E-state index contributed by atoms with van der Waals surface area (Å²) in [6, 6.07) is 29.7. The second kappa shape index (κ2) is 7.10. The summed E-state index contributed by atoms with van der Waals surface area (Å²) < 4.78 is 0. The molecule has 1 aliphatic rings. The maximum atomic E-state index is 11.7. The fourth-order valence-corrected chi connectivity index (χ4v) is 4.66. The Morgan fingerprint density at radius 1 is 0.742 bits per heavy atom. The van der Waals surface area contributed by atoms with Gasteiger partial charge in [0.1, 0.15) is 5.69 Å². The zero-order valence-electron chi connectivity index (χ0n) is 17.4. The van der Waals surface area contributed by atoms with E-state index in [0.29, 0.717) is 5.69 Å². The number of nitro benzene ring substituents is 1. The van der Waals surface area contributed by atoms with Gasteiger partial charge in [0.05, 0.1) is 10.6 Å². The first-order valence-corrected chi connectivity index (χ1v) is 10.3. The van der Waals surface area contributed by atoms with E-state index >= 15 is 0 Å². The molecule has 4 aromatic rings. The number of nitro groups is 1. The molecule has 0 heterocycles. The van der Waals surface area contributed by atoms with Crippen molar-refractivity contribution in [2.45, 2.75) is 19.3 Å². The molecule has 0 bridgehead atoms. The molecule has 4 aromatic carbocycles. The van der Waals surface area contributed by atoms with Crippen molar-refractivity contribution >= 4 is 17.1 Å². The Bertz CT molecular complexity index is 1310. The Labute approximate surface area is 181 Å². The lowest BCUT2D eigenvalue weighted by molar-refractivity contribution is -0.383. The minimum atomic E-state index is -0.342. The maximum absolute atomic E-state index is 11.7. The third-order valence-corrected chi connectivity index (χ3v) is 6.19. The molecule has 0 saturated carbocycles. The first-order chi connectivity index (χ1) is 15.0. The van der Waals surface area contributed by atoms with E-state index in [0.717, 1.165) is 22.4 Å². The summed E-state index contributed by atoms with van der Waals surface area (Å²) in [6.45, 7) is 4.46. The molecule has 4 nitrogen and oxygen atoms in total. The summed E-state index contributed by atoms with van der Waals surface area (Å²) in [6.07, 6.45) is 0. The Balaban J connectivity index is 1.81. The van der Waals surface area contributed by atoms with Crippen LogP contribution in [0.25, 0.3) is 22.3 Å². The van der Waals surface area contributed by atoms with E-state index in [-0.39, 0.29) is 16.0 Å². The minimum absolute atomic E-state index is 0.0599. The van der Waals surface area contributed by atoms with Crippen molar-refractivity contribution in [2.75, 3.05) is 5.32 Å². The molecule has 0 atom stereocenters. The van der Waals surface area contributed by atoms with Crippen LogP contribution in [0.15, 0.2) is 91.0 Å². The van der Waals surface area contributed by atoms with Gasteiger partial charge >= 0.3 is 0 Å². The van der Waals surface area contributed by atoms with E-state index in [1.807, 2.05) is 30.3 Å². The van der Waals surface area contributed by atoms with Gasteiger partial charge in [-0.15, -0.1) is 0 Å². The Morgan fingerprint density at radius 3 is 2.19 bits per heavy atom. The summed E-state index contributed by atoms with van der Waals surface area (Å²) in [5, 5.41) is 15.1. The van der Waals surface area contributed by atoms with Crippen LogP contribution in [0.3, 0.4) is 0 Å². The number of rotatable bonds is 4. The van der Waals surface area contributed by atoms with Crippen LogP contribution in [0.2, 0.25) is 0 Å². The van der Waals surface area contributed by atoms with Crippen molar-refractivity contribution in [2.24, 2.45) is 0 Å². The summed E-state index contributed by atoms with van der Waals surface area (Å²) in [4.78, 5) is 11.3. The molecule has 0 radical (unpaired) electrons. The fourth-order valence-electron chi connectivity index (χ4n) is 4.66. The number of anilines is 2. The van der Waals surface area contributed by atoms with Gasteiger partial charge in [-0.25, -0.2) is 0 Å². The van der Waals surface area contributed by atoms with Gasteiger partial charge in [0.15, 0.2) is 0 Å². The molecule has 0 aromatic heterocycles. The molecule has 0 saturated heterocycles. The normalized spacial score (nSPS) is 13.4. The highest BCUT2D eigenvalue weighted by molar-refractivity contribution is 5.99. The number of hydrogen-bond acceptors (Lipinski definition) is 3. The average molecular weight is 406 g/mol. The Kier molecular flexibility index (Phi) is 4.36. The van der Waals surface area contributed by atoms with Crippen LogP contribution in [-0.2, 0) is 5.41 Å². The summed E-state index contributed by atoms with van der Waals surface area (Å²) >= 11 is 0. The quantitative estimate of drug-likeness (QED) is 0.285. The third-order valence-electron chi connectivity index (χ3n) is 6.19. The lowest BCUT2D eigenvalue weighted by Crippen LogP contribution is -2.15. The highest BCUT2D eigenvalue weighted by Gasteiger charge is 2.37. The van der Waals surface area contributed by atoms with Gasteiger partial charge in [0, 0.05) is 22.6 Å². The second-order valence-electron chi connectivity index (χ2n) is 8.35. The van der Waals surface area contributed by atoms with E-state index in [1.54, 1.807) is 12.1 Å². The molecule has 0 fully saturated rings. The van der Waals surface area contributed by atoms with Crippen LogP contribution < -0.4 is 5.32 Å². The van der Waals surface area contributed by atoms with Gasteiger partial charge < -0.3 is 5.32 Å². The molecule has 4 heteroatoms. The lowest BCUT2D eigenvalue weighted by atomic mass is 9.82. The zero-order valence-corrected chi connectivity index (χ0v) is 17.4. The molecule has 0 amide bonds. The Hall–Kier alpha value is -3.92. The number of nitrogens with zero attached hydrogens (tertiary/aromatic N) is 1. The molecule has 5 rings (SSSR count). The molecule has 1 N–H and O–H groups in total. The minimum Gasteiger partial charge on any atom is -0.349 e. The van der Waals surface area contributed by atoms with E-state index in [9.17, 15) is 10.1 Å². The molecule has 0 aliphatic heterocycles. The molecule has 1 aliphatic carbocycles. The molecule has 152 valence electrons. The number of fused-ring (bicyclic) bond motifs is 3. The van der Waals surface area contributed by atoms with Gasteiger partial charge in [-0.3, -0.25) is 10.1 Å². The van der Waals surface area contributed by atoms with Crippen molar-refractivity contribution in [3.05, 3.63) is 112 Å². The SMILES string of the molecule is CC1(C)c2ccccc2-c2c1ccc(-c1ccccc1)c2Nc1ccccc1[N+](=O)[O-]. The van der Waals surface area contributed by atoms with Gasteiger partial charge in [0.2, 0.25) is 0 Å². The highest BCUT2D eigenvalue weighted by atomic mass is 16.6. The van der Waals surface area contributed by atoms with Gasteiger partial charge in [-0.2, -0.15) is 0 Å². The average Bonchev–Trinajstić information content (AvgIpc) is 3.02. The van der Waals surface area contributed by atoms with E-state index in [2.05, 4.69) is 61.6 Å². The van der Waals surface area contributed by atoms with Crippen molar-refractivity contribution in [1.82, 2.24) is 0 Å².